The molecular weight excluding hydrogens is 488 g/mol. The Morgan fingerprint density at radius 2 is 1.37 bits per heavy atom. The second kappa shape index (κ2) is 17.4. The molecule has 0 aliphatic rings. The fraction of sp³-hybridized carbons (Fsp3) is 0.304. The molecule has 3 N–H and O–H groups in total. The normalized spacial score (nSPS) is 11.5. The van der Waals surface area contributed by atoms with E-state index >= 15 is 0 Å². The third-order valence-electron chi connectivity index (χ3n) is 3.73. The van der Waals surface area contributed by atoms with E-state index in [0.29, 0.717) is 17.3 Å². The monoisotopic (exact) mass is 522 g/mol. The standard InChI is InChI=1S/C12H13N5O2S.C7H9NO2S.2C2H6/c1-9-7-11-14-15-12(17(11)16-9)8-13-20(18)19-10-5-3-2-4-6-10;1-8-11(9)10-7-5-3-2-4-6-7;2*1-2/h2-7,13,16H,8H2,1H3;2-6,8H,1H3;2*1-2H3. The van der Waals surface area contributed by atoms with E-state index in [4.69, 9.17) is 8.37 Å². The molecule has 0 spiro atoms. The van der Waals surface area contributed by atoms with Crippen LogP contribution in [0.2, 0.25) is 0 Å². The molecule has 2 aromatic heterocycles. The number of para-hydroxylation sites is 2. The van der Waals surface area contributed by atoms with Gasteiger partial charge in [0.05, 0.1) is 6.54 Å². The van der Waals surface area contributed by atoms with Crippen LogP contribution in [0.25, 0.3) is 5.65 Å². The van der Waals surface area contributed by atoms with Crippen LogP contribution < -0.4 is 17.8 Å². The molecule has 192 valence electrons. The lowest BCUT2D eigenvalue weighted by atomic mass is 10.3. The number of aryl methyl sites for hydroxylation is 1. The van der Waals surface area contributed by atoms with E-state index < -0.39 is 22.5 Å². The van der Waals surface area contributed by atoms with Gasteiger partial charge < -0.3 is 8.37 Å². The molecule has 0 aliphatic carbocycles. The summed E-state index contributed by atoms with van der Waals surface area (Å²) >= 11 is -3.06. The summed E-state index contributed by atoms with van der Waals surface area (Å²) < 4.78 is 39.6. The molecule has 2 heterocycles. The maximum absolute atomic E-state index is 11.8. The molecule has 0 radical (unpaired) electrons. The van der Waals surface area contributed by atoms with Crippen LogP contribution in [0, 0.1) is 6.92 Å². The van der Waals surface area contributed by atoms with Gasteiger partial charge in [-0.05, 0) is 38.2 Å². The van der Waals surface area contributed by atoms with Crippen LogP contribution in [-0.2, 0) is 29.1 Å². The number of aromatic amines is 1. The Bertz CT molecular complexity index is 1140. The minimum atomic E-state index is -1.64. The molecule has 0 amide bonds. The zero-order chi connectivity index (χ0) is 26.1. The van der Waals surface area contributed by atoms with Crippen LogP contribution in [0.4, 0.5) is 0 Å². The number of rotatable bonds is 8. The molecular formula is C23H34N6O4S2. The van der Waals surface area contributed by atoms with Crippen LogP contribution in [0.1, 0.15) is 39.2 Å². The number of nitrogens with one attached hydrogen (secondary N) is 3. The molecule has 2 unspecified atom stereocenters. The SMILES string of the molecule is CC.CC.CNS(=O)Oc1ccccc1.Cc1cc2nnc(CNS(=O)Oc3ccccc3)n2[nH]1. The van der Waals surface area contributed by atoms with Crippen molar-refractivity contribution < 1.29 is 16.8 Å². The molecule has 12 heteroatoms. The van der Waals surface area contributed by atoms with E-state index in [1.54, 1.807) is 35.8 Å². The highest BCUT2D eigenvalue weighted by Crippen LogP contribution is 2.10. The summed E-state index contributed by atoms with van der Waals surface area (Å²) in [6.07, 6.45) is 0. The number of H-pyrrole nitrogens is 1. The second-order valence-electron chi connectivity index (χ2n) is 6.04. The van der Waals surface area contributed by atoms with Crippen molar-refractivity contribution in [3.63, 3.8) is 0 Å². The van der Waals surface area contributed by atoms with Crippen molar-refractivity contribution in [1.82, 2.24) is 29.3 Å². The Morgan fingerprint density at radius 1 is 0.857 bits per heavy atom. The zero-order valence-corrected chi connectivity index (χ0v) is 22.5. The van der Waals surface area contributed by atoms with Gasteiger partial charge in [0, 0.05) is 11.8 Å². The van der Waals surface area contributed by atoms with Crippen LogP contribution in [-0.4, -0.2) is 35.3 Å². The van der Waals surface area contributed by atoms with Gasteiger partial charge >= 0.3 is 0 Å². The van der Waals surface area contributed by atoms with Crippen molar-refractivity contribution in [2.75, 3.05) is 7.05 Å². The predicted octanol–water partition coefficient (Wildman–Crippen LogP) is 4.03. The molecule has 0 fully saturated rings. The highest BCUT2D eigenvalue weighted by molar-refractivity contribution is 7.78. The summed E-state index contributed by atoms with van der Waals surface area (Å²) in [5, 5.41) is 11.1. The molecule has 0 saturated carbocycles. The second-order valence-corrected chi connectivity index (χ2v) is 8.01. The summed E-state index contributed by atoms with van der Waals surface area (Å²) in [4.78, 5) is 0. The summed E-state index contributed by atoms with van der Waals surface area (Å²) in [6.45, 7) is 10.2. The lowest BCUT2D eigenvalue weighted by Crippen LogP contribution is -2.22. The lowest BCUT2D eigenvalue weighted by Gasteiger charge is -2.04. The van der Waals surface area contributed by atoms with Crippen molar-refractivity contribution in [1.29, 1.82) is 0 Å². The highest BCUT2D eigenvalue weighted by atomic mass is 32.2. The Kier molecular flexibility index (Phi) is 14.9. The van der Waals surface area contributed by atoms with Crippen molar-refractivity contribution in [3.8, 4) is 11.5 Å². The van der Waals surface area contributed by atoms with Crippen molar-refractivity contribution in [2.45, 2.75) is 41.2 Å². The minimum absolute atomic E-state index is 0.278. The number of hydrogen-bond donors (Lipinski definition) is 3. The number of aromatic nitrogens is 4. The molecule has 0 aliphatic heterocycles. The summed E-state index contributed by atoms with van der Waals surface area (Å²) in [6, 6.07) is 19.9. The lowest BCUT2D eigenvalue weighted by molar-refractivity contribution is 0.545. The maximum atomic E-state index is 11.8. The fourth-order valence-corrected chi connectivity index (χ4v) is 3.35. The van der Waals surface area contributed by atoms with Gasteiger partial charge in [-0.2, -0.15) is 13.1 Å². The third-order valence-corrected chi connectivity index (χ3v) is 5.13. The zero-order valence-electron chi connectivity index (χ0n) is 20.8. The Balaban J connectivity index is 0.000000347. The molecule has 4 rings (SSSR count). The van der Waals surface area contributed by atoms with Crippen molar-refractivity contribution >= 4 is 28.2 Å². The number of benzene rings is 2. The van der Waals surface area contributed by atoms with Crippen LogP contribution in [0.15, 0.2) is 66.7 Å². The first-order chi connectivity index (χ1) is 17.0. The predicted molar refractivity (Wildman–Crippen MR) is 141 cm³/mol. The van der Waals surface area contributed by atoms with E-state index in [1.807, 2.05) is 77.1 Å². The Labute approximate surface area is 212 Å². The van der Waals surface area contributed by atoms with Crippen LogP contribution >= 0.6 is 0 Å². The summed E-state index contributed by atoms with van der Waals surface area (Å²) in [5.74, 6) is 1.78. The number of nitrogens with zero attached hydrogens (tertiary/aromatic N) is 3. The highest BCUT2D eigenvalue weighted by Gasteiger charge is 2.09. The van der Waals surface area contributed by atoms with Gasteiger partial charge in [0.1, 0.15) is 11.5 Å². The quantitative estimate of drug-likeness (QED) is 0.321. The first kappa shape index (κ1) is 30.0. The van der Waals surface area contributed by atoms with Gasteiger partial charge in [-0.3, -0.25) is 5.10 Å². The van der Waals surface area contributed by atoms with Crippen molar-refractivity contribution in [3.05, 3.63) is 78.2 Å². The van der Waals surface area contributed by atoms with E-state index in [2.05, 4.69) is 24.7 Å². The number of hydrogen-bond acceptors (Lipinski definition) is 6. The van der Waals surface area contributed by atoms with Crippen LogP contribution in [0.5, 0.6) is 11.5 Å². The van der Waals surface area contributed by atoms with E-state index in [9.17, 15) is 8.42 Å². The van der Waals surface area contributed by atoms with Gasteiger partial charge in [0.15, 0.2) is 11.5 Å². The van der Waals surface area contributed by atoms with Gasteiger partial charge in [0.2, 0.25) is 0 Å². The first-order valence-electron chi connectivity index (χ1n) is 11.2. The molecule has 2 aromatic carbocycles. The van der Waals surface area contributed by atoms with E-state index in [-0.39, 0.29) is 6.54 Å². The first-order valence-corrected chi connectivity index (χ1v) is 13.3. The largest absolute Gasteiger partial charge is 0.389 e. The fourth-order valence-electron chi connectivity index (χ4n) is 2.38. The van der Waals surface area contributed by atoms with Gasteiger partial charge in [-0.25, -0.2) is 9.24 Å². The third kappa shape index (κ3) is 10.8. The van der Waals surface area contributed by atoms with Gasteiger partial charge in [-0.15, -0.1) is 10.2 Å². The average molecular weight is 523 g/mol. The topological polar surface area (TPSA) is 123 Å². The Morgan fingerprint density at radius 3 is 1.89 bits per heavy atom. The molecule has 0 bridgehead atoms. The minimum Gasteiger partial charge on any atom is -0.389 e. The summed E-state index contributed by atoms with van der Waals surface area (Å²) in [5.41, 5.74) is 1.71. The summed E-state index contributed by atoms with van der Waals surface area (Å²) in [7, 11) is 1.57. The molecule has 10 nitrogen and oxygen atoms in total. The van der Waals surface area contributed by atoms with E-state index in [1.165, 1.54) is 0 Å². The van der Waals surface area contributed by atoms with Crippen LogP contribution in [0.3, 0.4) is 0 Å². The molecule has 2 atom stereocenters. The van der Waals surface area contributed by atoms with E-state index in [0.717, 1.165) is 11.3 Å². The molecule has 35 heavy (non-hydrogen) atoms. The number of fused-ring (bicyclic) bond motifs is 1. The van der Waals surface area contributed by atoms with Gasteiger partial charge in [0.25, 0.3) is 22.5 Å². The molecule has 4 aromatic rings. The smallest absolute Gasteiger partial charge is 0.288 e. The van der Waals surface area contributed by atoms with Crippen molar-refractivity contribution in [2.24, 2.45) is 0 Å². The maximum Gasteiger partial charge on any atom is 0.288 e. The van der Waals surface area contributed by atoms with Gasteiger partial charge in [-0.1, -0.05) is 64.1 Å². The Hall–Kier alpha value is -3.06. The molecule has 0 saturated heterocycles. The average Bonchev–Trinajstić information content (AvgIpc) is 3.46.